The molecule has 198 valence electrons. The number of carbonyl (C=O) groups excluding carboxylic acids is 1. The molecule has 15 heteroatoms. The van der Waals surface area contributed by atoms with E-state index in [4.69, 9.17) is 19.8 Å². The number of aliphatic carboxylic acids is 2. The first kappa shape index (κ1) is 29.0. The van der Waals surface area contributed by atoms with Crippen molar-refractivity contribution in [2.75, 3.05) is 24.5 Å². The largest absolute Gasteiger partial charge is 0.490 e. The average molecular weight is 541 g/mol. The molecule has 4 rings (SSSR count). The Morgan fingerprint density at radius 1 is 1.00 bits per heavy atom. The van der Waals surface area contributed by atoms with Crippen molar-refractivity contribution in [3.63, 3.8) is 0 Å². The predicted molar refractivity (Wildman–Crippen MR) is 115 cm³/mol. The maximum absolute atomic E-state index is 12.4. The van der Waals surface area contributed by atoms with E-state index in [9.17, 15) is 31.1 Å². The number of carboxylic acids is 2. The molecule has 2 saturated heterocycles. The maximum atomic E-state index is 12.4. The number of rotatable bonds is 3. The molecule has 1 atom stereocenters. The van der Waals surface area contributed by atoms with E-state index in [0.29, 0.717) is 6.42 Å². The third-order valence-electron chi connectivity index (χ3n) is 5.21. The number of hydrogen-bond donors (Lipinski definition) is 2. The summed E-state index contributed by atoms with van der Waals surface area (Å²) >= 11 is 1.81. The van der Waals surface area contributed by atoms with Crippen molar-refractivity contribution in [3.05, 3.63) is 46.8 Å². The van der Waals surface area contributed by atoms with Gasteiger partial charge in [-0.2, -0.15) is 26.3 Å². The lowest BCUT2D eigenvalue weighted by Gasteiger charge is -2.23. The fourth-order valence-electron chi connectivity index (χ4n) is 3.68. The minimum Gasteiger partial charge on any atom is -0.475 e. The molecule has 1 spiro atoms. The van der Waals surface area contributed by atoms with Crippen LogP contribution in [0.15, 0.2) is 41.9 Å². The quantitative estimate of drug-likeness (QED) is 0.565. The first-order valence-electron chi connectivity index (χ1n) is 10.2. The molecule has 2 aliphatic rings. The summed E-state index contributed by atoms with van der Waals surface area (Å²) in [6.45, 7) is 3.92. The normalized spacial score (nSPS) is 19.9. The SMILES string of the molecule is O=C(O)C(F)(F)F.O=C(O)C(F)(F)F.O=C1CC2(CCN(Cc3cccs3)C2)CN1c1ccccn1. The molecule has 0 saturated carbocycles. The number of aromatic nitrogens is 1. The van der Waals surface area contributed by atoms with E-state index in [2.05, 4.69) is 27.4 Å². The zero-order valence-corrected chi connectivity index (χ0v) is 19.2. The fourth-order valence-corrected chi connectivity index (χ4v) is 4.42. The van der Waals surface area contributed by atoms with E-state index in [1.54, 1.807) is 6.20 Å². The number of alkyl halides is 6. The van der Waals surface area contributed by atoms with Gasteiger partial charge in [0.2, 0.25) is 5.91 Å². The molecule has 0 aromatic carbocycles. The number of anilines is 1. The lowest BCUT2D eigenvalue weighted by atomic mass is 9.86. The first-order valence-corrected chi connectivity index (χ1v) is 11.1. The molecule has 0 aliphatic carbocycles. The van der Waals surface area contributed by atoms with Gasteiger partial charge in [0, 0.05) is 42.5 Å². The van der Waals surface area contributed by atoms with Gasteiger partial charge in [0.25, 0.3) is 0 Å². The number of pyridine rings is 1. The van der Waals surface area contributed by atoms with Gasteiger partial charge in [-0.1, -0.05) is 12.1 Å². The van der Waals surface area contributed by atoms with Crippen LogP contribution >= 0.6 is 11.3 Å². The molecule has 0 bridgehead atoms. The molecule has 1 amide bonds. The Balaban J connectivity index is 0.000000271. The number of carboxylic acid groups (broad SMARTS) is 2. The topological polar surface area (TPSA) is 111 Å². The van der Waals surface area contributed by atoms with Crippen molar-refractivity contribution in [1.29, 1.82) is 0 Å². The van der Waals surface area contributed by atoms with Crippen LogP contribution in [-0.2, 0) is 20.9 Å². The summed E-state index contributed by atoms with van der Waals surface area (Å²) in [5.74, 6) is -4.50. The Morgan fingerprint density at radius 2 is 1.61 bits per heavy atom. The van der Waals surface area contributed by atoms with E-state index in [1.807, 2.05) is 34.4 Å². The number of carbonyl (C=O) groups is 3. The van der Waals surface area contributed by atoms with Gasteiger partial charge in [-0.3, -0.25) is 14.6 Å². The first-order chi connectivity index (χ1) is 16.6. The summed E-state index contributed by atoms with van der Waals surface area (Å²) in [7, 11) is 0. The highest BCUT2D eigenvalue weighted by atomic mass is 32.1. The van der Waals surface area contributed by atoms with Gasteiger partial charge in [-0.15, -0.1) is 11.3 Å². The highest BCUT2D eigenvalue weighted by Crippen LogP contribution is 2.41. The lowest BCUT2D eigenvalue weighted by Crippen LogP contribution is -2.31. The Morgan fingerprint density at radius 3 is 2.08 bits per heavy atom. The Bertz CT molecular complexity index is 1010. The summed E-state index contributed by atoms with van der Waals surface area (Å²) in [5.41, 5.74) is 0.117. The second-order valence-electron chi connectivity index (χ2n) is 7.99. The van der Waals surface area contributed by atoms with E-state index in [0.717, 1.165) is 38.4 Å². The second-order valence-corrected chi connectivity index (χ2v) is 9.02. The zero-order chi connectivity index (χ0) is 27.1. The molecule has 0 radical (unpaired) electrons. The van der Waals surface area contributed by atoms with Crippen LogP contribution in [0, 0.1) is 5.41 Å². The van der Waals surface area contributed by atoms with Gasteiger partial charge in [0.05, 0.1) is 0 Å². The van der Waals surface area contributed by atoms with E-state index < -0.39 is 24.3 Å². The fraction of sp³-hybridized carbons (Fsp3) is 0.429. The van der Waals surface area contributed by atoms with E-state index >= 15 is 0 Å². The molecule has 4 heterocycles. The Hall–Kier alpha value is -3.20. The van der Waals surface area contributed by atoms with Gasteiger partial charge < -0.3 is 10.2 Å². The van der Waals surface area contributed by atoms with Crippen molar-refractivity contribution in [2.24, 2.45) is 5.41 Å². The van der Waals surface area contributed by atoms with E-state index in [1.165, 1.54) is 4.88 Å². The molecule has 36 heavy (non-hydrogen) atoms. The van der Waals surface area contributed by atoms with Gasteiger partial charge >= 0.3 is 24.3 Å². The zero-order valence-electron chi connectivity index (χ0n) is 18.4. The molecule has 2 aromatic rings. The summed E-state index contributed by atoms with van der Waals surface area (Å²) in [6, 6.07) is 10.1. The van der Waals surface area contributed by atoms with Gasteiger partial charge in [0.1, 0.15) is 5.82 Å². The van der Waals surface area contributed by atoms with Crippen LogP contribution in [0.5, 0.6) is 0 Å². The monoisotopic (exact) mass is 541 g/mol. The van der Waals surface area contributed by atoms with Crippen LogP contribution in [0.25, 0.3) is 0 Å². The third kappa shape index (κ3) is 8.48. The smallest absolute Gasteiger partial charge is 0.475 e. The standard InChI is InChI=1S/C17H19N3OS.2C2HF3O2/c21-16-10-17(13-20(16)15-5-1-2-7-18-15)6-8-19(12-17)11-14-4-3-9-22-14;2*3-2(4,5)1(6)7/h1-5,7,9H,6,8,10-13H2;2*(H,6,7). The molecule has 2 aliphatic heterocycles. The van der Waals surface area contributed by atoms with Crippen LogP contribution in [0.4, 0.5) is 32.2 Å². The van der Waals surface area contributed by atoms with Gasteiger partial charge in [-0.25, -0.2) is 14.6 Å². The molecule has 2 aromatic heterocycles. The van der Waals surface area contributed by atoms with Crippen LogP contribution in [-0.4, -0.2) is 69.9 Å². The molecular formula is C21H21F6N3O5S. The maximum Gasteiger partial charge on any atom is 0.490 e. The van der Waals surface area contributed by atoms with Crippen molar-refractivity contribution in [1.82, 2.24) is 9.88 Å². The van der Waals surface area contributed by atoms with Gasteiger partial charge in [0.15, 0.2) is 0 Å². The molecule has 8 nitrogen and oxygen atoms in total. The van der Waals surface area contributed by atoms with Crippen LogP contribution in [0.3, 0.4) is 0 Å². The molecule has 2 fully saturated rings. The summed E-state index contributed by atoms with van der Waals surface area (Å²) in [6.07, 6.45) is -6.65. The second kappa shape index (κ2) is 11.7. The third-order valence-corrected chi connectivity index (χ3v) is 6.07. The number of likely N-dealkylation sites (tertiary alicyclic amines) is 1. The summed E-state index contributed by atoms with van der Waals surface area (Å²) in [5, 5.41) is 16.4. The highest BCUT2D eigenvalue weighted by molar-refractivity contribution is 7.09. The number of nitrogens with zero attached hydrogens (tertiary/aromatic N) is 3. The number of thiophene rings is 1. The summed E-state index contributed by atoms with van der Waals surface area (Å²) in [4.78, 5) is 40.3. The molecular weight excluding hydrogens is 520 g/mol. The van der Waals surface area contributed by atoms with Crippen molar-refractivity contribution < 1.29 is 50.9 Å². The van der Waals surface area contributed by atoms with Crippen LogP contribution in [0.1, 0.15) is 17.7 Å². The predicted octanol–water partition coefficient (Wildman–Crippen LogP) is 4.04. The van der Waals surface area contributed by atoms with Crippen molar-refractivity contribution >= 4 is 35.0 Å². The number of halogens is 6. The Labute approximate surface area is 204 Å². The highest BCUT2D eigenvalue weighted by Gasteiger charge is 2.48. The van der Waals surface area contributed by atoms with Crippen LogP contribution < -0.4 is 4.90 Å². The van der Waals surface area contributed by atoms with Crippen molar-refractivity contribution in [3.8, 4) is 0 Å². The average Bonchev–Trinajstić information content (AvgIpc) is 3.50. The molecule has 1 unspecified atom stereocenters. The lowest BCUT2D eigenvalue weighted by molar-refractivity contribution is -0.193. The van der Waals surface area contributed by atoms with Gasteiger partial charge in [-0.05, 0) is 36.5 Å². The minimum atomic E-state index is -5.08. The summed E-state index contributed by atoms with van der Waals surface area (Å²) < 4.78 is 63.5. The Kier molecular flexibility index (Phi) is 9.43. The van der Waals surface area contributed by atoms with Crippen molar-refractivity contribution in [2.45, 2.75) is 31.7 Å². The molecule has 2 N–H and O–H groups in total. The number of amides is 1. The number of hydrogen-bond acceptors (Lipinski definition) is 6. The van der Waals surface area contributed by atoms with Crippen LogP contribution in [0.2, 0.25) is 0 Å². The minimum absolute atomic E-state index is 0.117. The van der Waals surface area contributed by atoms with E-state index in [-0.39, 0.29) is 11.3 Å².